The van der Waals surface area contributed by atoms with Crippen LogP contribution in [0.4, 0.5) is 5.69 Å². The number of benzene rings is 1. The molecular formula is C14H17BrClNO2. The van der Waals surface area contributed by atoms with Gasteiger partial charge in [0.25, 0.3) is 0 Å². The number of halogens is 2. The number of nitrogens with one attached hydrogen (secondary N) is 1. The first-order valence-corrected chi connectivity index (χ1v) is 7.54. The van der Waals surface area contributed by atoms with Crippen molar-refractivity contribution in [1.82, 2.24) is 0 Å². The zero-order chi connectivity index (χ0) is 13.7. The van der Waals surface area contributed by atoms with Gasteiger partial charge in [0, 0.05) is 5.02 Å². The SMILES string of the molecule is CCOc1c(Br)cc(Cl)cc1NCC1CCC=CO1. The van der Waals surface area contributed by atoms with Crippen LogP contribution in [-0.2, 0) is 4.74 Å². The summed E-state index contributed by atoms with van der Waals surface area (Å²) in [5.74, 6) is 0.790. The van der Waals surface area contributed by atoms with E-state index < -0.39 is 0 Å². The molecule has 2 rings (SSSR count). The van der Waals surface area contributed by atoms with Gasteiger partial charge in [0.15, 0.2) is 5.75 Å². The second-order valence-corrected chi connectivity index (χ2v) is 5.58. The Bertz CT molecular complexity index is 465. The smallest absolute Gasteiger partial charge is 0.156 e. The van der Waals surface area contributed by atoms with Crippen LogP contribution in [-0.4, -0.2) is 19.3 Å². The number of rotatable bonds is 5. The van der Waals surface area contributed by atoms with Crippen molar-refractivity contribution in [3.63, 3.8) is 0 Å². The van der Waals surface area contributed by atoms with Gasteiger partial charge in [0.2, 0.25) is 0 Å². The van der Waals surface area contributed by atoms with Gasteiger partial charge in [0.05, 0.1) is 29.6 Å². The van der Waals surface area contributed by atoms with Gasteiger partial charge in [-0.2, -0.15) is 0 Å². The van der Waals surface area contributed by atoms with E-state index in [1.165, 1.54) is 0 Å². The summed E-state index contributed by atoms with van der Waals surface area (Å²) < 4.78 is 12.0. The van der Waals surface area contributed by atoms with Crippen LogP contribution in [0.1, 0.15) is 19.8 Å². The van der Waals surface area contributed by atoms with E-state index in [-0.39, 0.29) is 6.10 Å². The molecule has 1 aliphatic rings. The fraction of sp³-hybridized carbons (Fsp3) is 0.429. The molecule has 0 saturated heterocycles. The van der Waals surface area contributed by atoms with E-state index in [4.69, 9.17) is 21.1 Å². The van der Waals surface area contributed by atoms with Crippen LogP contribution in [0.25, 0.3) is 0 Å². The monoisotopic (exact) mass is 345 g/mol. The molecule has 1 atom stereocenters. The number of allylic oxidation sites excluding steroid dienone is 1. The molecule has 1 aromatic rings. The van der Waals surface area contributed by atoms with Crippen molar-refractivity contribution in [2.75, 3.05) is 18.5 Å². The van der Waals surface area contributed by atoms with E-state index in [0.717, 1.165) is 35.3 Å². The Balaban J connectivity index is 2.07. The Kier molecular flexibility index (Phi) is 5.40. The third-order valence-corrected chi connectivity index (χ3v) is 3.65. The Hall–Kier alpha value is -0.870. The lowest BCUT2D eigenvalue weighted by atomic mass is 10.1. The number of anilines is 1. The maximum Gasteiger partial charge on any atom is 0.156 e. The third kappa shape index (κ3) is 4.05. The van der Waals surface area contributed by atoms with Crippen LogP contribution in [0.2, 0.25) is 5.02 Å². The highest BCUT2D eigenvalue weighted by molar-refractivity contribution is 9.10. The summed E-state index contributed by atoms with van der Waals surface area (Å²) in [6.07, 6.45) is 6.09. The lowest BCUT2D eigenvalue weighted by Gasteiger charge is -2.21. The van der Waals surface area contributed by atoms with E-state index in [9.17, 15) is 0 Å². The molecule has 0 amide bonds. The van der Waals surface area contributed by atoms with Gasteiger partial charge in [-0.1, -0.05) is 11.6 Å². The fourth-order valence-electron chi connectivity index (χ4n) is 1.94. The highest BCUT2D eigenvalue weighted by Crippen LogP contribution is 2.36. The molecule has 0 spiro atoms. The van der Waals surface area contributed by atoms with E-state index in [1.807, 2.05) is 25.1 Å². The van der Waals surface area contributed by atoms with Crippen LogP contribution < -0.4 is 10.1 Å². The fourth-order valence-corrected chi connectivity index (χ4v) is 2.87. The van der Waals surface area contributed by atoms with Gasteiger partial charge in [-0.15, -0.1) is 0 Å². The van der Waals surface area contributed by atoms with Crippen LogP contribution in [0.3, 0.4) is 0 Å². The first-order valence-electron chi connectivity index (χ1n) is 6.37. The Morgan fingerprint density at radius 1 is 1.53 bits per heavy atom. The zero-order valence-corrected chi connectivity index (χ0v) is 13.1. The quantitative estimate of drug-likeness (QED) is 0.845. The summed E-state index contributed by atoms with van der Waals surface area (Å²) in [6.45, 7) is 3.30. The molecular weight excluding hydrogens is 330 g/mol. The van der Waals surface area contributed by atoms with Gasteiger partial charge >= 0.3 is 0 Å². The molecule has 1 heterocycles. The topological polar surface area (TPSA) is 30.5 Å². The van der Waals surface area contributed by atoms with Gasteiger partial charge in [-0.05, 0) is 53.9 Å². The second kappa shape index (κ2) is 7.06. The van der Waals surface area contributed by atoms with Crippen molar-refractivity contribution in [2.24, 2.45) is 0 Å². The Morgan fingerprint density at radius 3 is 3.05 bits per heavy atom. The summed E-state index contributed by atoms with van der Waals surface area (Å²) in [5, 5.41) is 4.02. The van der Waals surface area contributed by atoms with Gasteiger partial charge in [-0.25, -0.2) is 0 Å². The Labute approximate surface area is 127 Å². The number of ether oxygens (including phenoxy) is 2. The molecule has 1 aromatic carbocycles. The average molecular weight is 347 g/mol. The molecule has 5 heteroatoms. The van der Waals surface area contributed by atoms with Crippen molar-refractivity contribution >= 4 is 33.2 Å². The minimum absolute atomic E-state index is 0.192. The van der Waals surface area contributed by atoms with Crippen molar-refractivity contribution in [3.05, 3.63) is 34.0 Å². The predicted molar refractivity (Wildman–Crippen MR) is 82.1 cm³/mol. The summed E-state index contributed by atoms with van der Waals surface area (Å²) in [6, 6.07) is 3.70. The van der Waals surface area contributed by atoms with Crippen LogP contribution in [0, 0.1) is 0 Å². The largest absolute Gasteiger partial charge is 0.497 e. The van der Waals surface area contributed by atoms with Crippen molar-refractivity contribution in [3.8, 4) is 5.75 Å². The summed E-state index contributed by atoms with van der Waals surface area (Å²) in [7, 11) is 0. The summed E-state index contributed by atoms with van der Waals surface area (Å²) in [4.78, 5) is 0. The minimum atomic E-state index is 0.192. The van der Waals surface area contributed by atoms with Crippen LogP contribution in [0.15, 0.2) is 28.9 Å². The molecule has 104 valence electrons. The van der Waals surface area contributed by atoms with Crippen LogP contribution in [0.5, 0.6) is 5.75 Å². The highest BCUT2D eigenvalue weighted by atomic mass is 79.9. The van der Waals surface area contributed by atoms with Gasteiger partial charge < -0.3 is 14.8 Å². The molecule has 1 N–H and O–H groups in total. The van der Waals surface area contributed by atoms with Crippen molar-refractivity contribution < 1.29 is 9.47 Å². The van der Waals surface area contributed by atoms with Crippen molar-refractivity contribution in [2.45, 2.75) is 25.9 Å². The normalized spacial score (nSPS) is 17.9. The zero-order valence-electron chi connectivity index (χ0n) is 10.8. The lowest BCUT2D eigenvalue weighted by molar-refractivity contribution is 0.135. The molecule has 3 nitrogen and oxygen atoms in total. The van der Waals surface area contributed by atoms with Gasteiger partial charge in [0.1, 0.15) is 6.10 Å². The second-order valence-electron chi connectivity index (χ2n) is 4.29. The van der Waals surface area contributed by atoms with E-state index in [1.54, 1.807) is 6.26 Å². The predicted octanol–water partition coefficient (Wildman–Crippen LogP) is 4.61. The molecule has 1 unspecified atom stereocenters. The minimum Gasteiger partial charge on any atom is -0.497 e. The van der Waals surface area contributed by atoms with E-state index >= 15 is 0 Å². The average Bonchev–Trinajstić information content (AvgIpc) is 2.41. The molecule has 0 bridgehead atoms. The van der Waals surface area contributed by atoms with E-state index in [0.29, 0.717) is 11.6 Å². The van der Waals surface area contributed by atoms with E-state index in [2.05, 4.69) is 21.2 Å². The van der Waals surface area contributed by atoms with Gasteiger partial charge in [-0.3, -0.25) is 0 Å². The molecule has 0 saturated carbocycles. The lowest BCUT2D eigenvalue weighted by Crippen LogP contribution is -2.23. The standard InChI is InChI=1S/C14H17BrClNO2/c1-2-18-14-12(15)7-10(16)8-13(14)17-9-11-5-3-4-6-19-11/h4,6-8,11,17H,2-3,5,9H2,1H3. The summed E-state index contributed by atoms with van der Waals surface area (Å²) >= 11 is 9.55. The molecule has 1 aliphatic heterocycles. The number of hydrogen-bond donors (Lipinski definition) is 1. The first-order chi connectivity index (χ1) is 9.20. The van der Waals surface area contributed by atoms with Crippen molar-refractivity contribution in [1.29, 1.82) is 0 Å². The number of hydrogen-bond acceptors (Lipinski definition) is 3. The maximum absolute atomic E-state index is 6.08. The van der Waals surface area contributed by atoms with Crippen LogP contribution >= 0.6 is 27.5 Å². The molecule has 0 aromatic heterocycles. The maximum atomic E-state index is 6.08. The first kappa shape index (κ1) is 14.5. The Morgan fingerprint density at radius 2 is 2.37 bits per heavy atom. The molecule has 0 radical (unpaired) electrons. The molecule has 0 fully saturated rings. The third-order valence-electron chi connectivity index (χ3n) is 2.84. The molecule has 0 aliphatic carbocycles. The molecule has 19 heavy (non-hydrogen) atoms. The summed E-state index contributed by atoms with van der Waals surface area (Å²) in [5.41, 5.74) is 0.888. The highest BCUT2D eigenvalue weighted by Gasteiger charge is 2.14.